The van der Waals surface area contributed by atoms with Gasteiger partial charge in [0.2, 0.25) is 5.91 Å². The van der Waals surface area contributed by atoms with Crippen LogP contribution < -0.4 is 10.6 Å². The fraction of sp³-hybridized carbons (Fsp3) is 0.464. The Morgan fingerprint density at radius 1 is 1.03 bits per heavy atom. The van der Waals surface area contributed by atoms with Crippen molar-refractivity contribution in [3.63, 3.8) is 0 Å². The summed E-state index contributed by atoms with van der Waals surface area (Å²) in [5.74, 6) is -1.71. The number of amides is 2. The molecule has 3 N–H and O–H groups in total. The van der Waals surface area contributed by atoms with Gasteiger partial charge in [0.15, 0.2) is 0 Å². The highest BCUT2D eigenvalue weighted by Crippen LogP contribution is 2.44. The molecule has 1 fully saturated rings. The van der Waals surface area contributed by atoms with E-state index in [1.807, 2.05) is 38.1 Å². The summed E-state index contributed by atoms with van der Waals surface area (Å²) < 4.78 is 5.65. The van der Waals surface area contributed by atoms with Crippen molar-refractivity contribution in [3.05, 3.63) is 59.7 Å². The monoisotopic (exact) mass is 478 g/mol. The van der Waals surface area contributed by atoms with Crippen LogP contribution in [0.2, 0.25) is 0 Å². The van der Waals surface area contributed by atoms with Gasteiger partial charge in [-0.1, -0.05) is 75.2 Å². The number of carboxylic acids is 1. The van der Waals surface area contributed by atoms with Crippen LogP contribution in [-0.2, 0) is 14.3 Å². The molecule has 3 unspecified atom stereocenters. The number of nitrogens with one attached hydrogen (secondary N) is 2. The van der Waals surface area contributed by atoms with Crippen LogP contribution in [-0.4, -0.2) is 41.8 Å². The number of hydrogen-bond acceptors (Lipinski definition) is 4. The highest BCUT2D eigenvalue weighted by molar-refractivity contribution is 5.86. The second-order valence-corrected chi connectivity index (χ2v) is 9.74. The van der Waals surface area contributed by atoms with Crippen LogP contribution in [0.1, 0.15) is 63.0 Å². The molecule has 2 aliphatic carbocycles. The lowest BCUT2D eigenvalue weighted by Crippen LogP contribution is -2.53. The number of benzene rings is 2. The van der Waals surface area contributed by atoms with Gasteiger partial charge in [0.25, 0.3) is 0 Å². The van der Waals surface area contributed by atoms with Gasteiger partial charge in [0.05, 0.1) is 5.92 Å². The van der Waals surface area contributed by atoms with Crippen LogP contribution in [0.15, 0.2) is 48.5 Å². The van der Waals surface area contributed by atoms with Gasteiger partial charge in [-0.25, -0.2) is 4.79 Å². The first-order valence-corrected chi connectivity index (χ1v) is 12.5. The third-order valence-corrected chi connectivity index (χ3v) is 7.48. The standard InChI is InChI=1S/C28H34N2O5/c1-3-17(2)25(26(31)29-19-10-8-9-18(15-19)27(32)33)30-28(34)35-16-24-22-13-6-4-11-20(22)21-12-5-7-14-23(21)24/h4-7,11-14,17-19,24-25H,3,8-10,15-16H2,1-2H3,(H,29,31)(H,30,34)(H,32,33)/t17?,18?,19?,25-/m0/s1. The number of carbonyl (C=O) groups is 3. The molecule has 0 spiro atoms. The third-order valence-electron chi connectivity index (χ3n) is 7.48. The highest BCUT2D eigenvalue weighted by atomic mass is 16.5. The fourth-order valence-corrected chi connectivity index (χ4v) is 5.31. The zero-order valence-corrected chi connectivity index (χ0v) is 20.3. The van der Waals surface area contributed by atoms with E-state index < -0.39 is 24.0 Å². The summed E-state index contributed by atoms with van der Waals surface area (Å²) in [4.78, 5) is 37.3. The molecule has 0 aromatic heterocycles. The molecule has 1 saturated carbocycles. The first kappa shape index (κ1) is 24.8. The Bertz CT molecular complexity index is 1040. The van der Waals surface area contributed by atoms with Crippen LogP contribution in [0.5, 0.6) is 0 Å². The van der Waals surface area contributed by atoms with Crippen LogP contribution in [0.25, 0.3) is 11.1 Å². The van der Waals surface area contributed by atoms with Crippen molar-refractivity contribution in [2.24, 2.45) is 11.8 Å². The Balaban J connectivity index is 1.39. The fourth-order valence-electron chi connectivity index (χ4n) is 5.31. The predicted molar refractivity (Wildman–Crippen MR) is 133 cm³/mol. The summed E-state index contributed by atoms with van der Waals surface area (Å²) in [6.45, 7) is 4.05. The Kier molecular flexibility index (Phi) is 7.73. The average molecular weight is 479 g/mol. The van der Waals surface area contributed by atoms with Crippen molar-refractivity contribution in [3.8, 4) is 11.1 Å². The second-order valence-electron chi connectivity index (χ2n) is 9.74. The Hall–Kier alpha value is -3.35. The summed E-state index contributed by atoms with van der Waals surface area (Å²) in [5, 5.41) is 15.1. The summed E-state index contributed by atoms with van der Waals surface area (Å²) in [5.41, 5.74) is 4.56. The summed E-state index contributed by atoms with van der Waals surface area (Å²) in [7, 11) is 0. The van der Waals surface area contributed by atoms with Gasteiger partial charge in [-0.3, -0.25) is 9.59 Å². The zero-order chi connectivity index (χ0) is 24.9. The van der Waals surface area contributed by atoms with Crippen LogP contribution in [0.4, 0.5) is 4.79 Å². The largest absolute Gasteiger partial charge is 0.481 e. The van der Waals surface area contributed by atoms with Crippen molar-refractivity contribution in [1.82, 2.24) is 10.6 Å². The van der Waals surface area contributed by atoms with E-state index in [2.05, 4.69) is 34.9 Å². The molecule has 0 saturated heterocycles. The van der Waals surface area contributed by atoms with Gasteiger partial charge < -0.3 is 20.5 Å². The van der Waals surface area contributed by atoms with E-state index in [0.717, 1.165) is 35.1 Å². The van der Waals surface area contributed by atoms with Crippen molar-refractivity contribution in [2.75, 3.05) is 6.61 Å². The molecule has 2 aromatic carbocycles. The van der Waals surface area contributed by atoms with E-state index in [0.29, 0.717) is 19.3 Å². The second kappa shape index (κ2) is 10.9. The molecular formula is C28H34N2O5. The maximum absolute atomic E-state index is 13.1. The molecule has 35 heavy (non-hydrogen) atoms. The van der Waals surface area contributed by atoms with Crippen molar-refractivity contribution >= 4 is 18.0 Å². The Labute approximate surface area is 206 Å². The number of alkyl carbamates (subject to hydrolysis) is 1. The smallest absolute Gasteiger partial charge is 0.407 e. The molecule has 7 heteroatoms. The first-order chi connectivity index (χ1) is 16.9. The predicted octanol–water partition coefficient (Wildman–Crippen LogP) is 4.70. The highest BCUT2D eigenvalue weighted by Gasteiger charge is 2.33. The number of hydrogen-bond donors (Lipinski definition) is 3. The molecule has 7 nitrogen and oxygen atoms in total. The van der Waals surface area contributed by atoms with Gasteiger partial charge in [-0.05, 0) is 47.4 Å². The van der Waals surface area contributed by atoms with Gasteiger partial charge in [0, 0.05) is 12.0 Å². The van der Waals surface area contributed by atoms with Crippen molar-refractivity contribution in [2.45, 2.75) is 64.0 Å². The average Bonchev–Trinajstić information content (AvgIpc) is 3.19. The Morgan fingerprint density at radius 2 is 1.66 bits per heavy atom. The lowest BCUT2D eigenvalue weighted by atomic mass is 9.85. The van der Waals surface area contributed by atoms with E-state index in [1.165, 1.54) is 0 Å². The zero-order valence-electron chi connectivity index (χ0n) is 20.3. The van der Waals surface area contributed by atoms with Crippen molar-refractivity contribution in [1.29, 1.82) is 0 Å². The number of rotatable bonds is 8. The van der Waals surface area contributed by atoms with Gasteiger partial charge in [0.1, 0.15) is 12.6 Å². The maximum atomic E-state index is 13.1. The Morgan fingerprint density at radius 3 is 2.26 bits per heavy atom. The molecule has 4 atom stereocenters. The molecule has 4 rings (SSSR count). The number of carbonyl (C=O) groups excluding carboxylic acids is 2. The topological polar surface area (TPSA) is 105 Å². The molecule has 0 radical (unpaired) electrons. The van der Waals surface area contributed by atoms with Gasteiger partial charge >= 0.3 is 12.1 Å². The molecule has 2 aromatic rings. The molecule has 0 bridgehead atoms. The molecule has 2 aliphatic rings. The first-order valence-electron chi connectivity index (χ1n) is 12.5. The number of carboxylic acid groups (broad SMARTS) is 1. The normalized spacial score (nSPS) is 20.7. The number of aliphatic carboxylic acids is 1. The molecule has 0 aliphatic heterocycles. The lowest BCUT2D eigenvalue weighted by Gasteiger charge is -2.30. The van der Waals surface area contributed by atoms with E-state index in [-0.39, 0.29) is 30.4 Å². The van der Waals surface area contributed by atoms with E-state index >= 15 is 0 Å². The van der Waals surface area contributed by atoms with Crippen molar-refractivity contribution < 1.29 is 24.2 Å². The summed E-state index contributed by atoms with van der Waals surface area (Å²) >= 11 is 0. The van der Waals surface area contributed by atoms with E-state index in [1.54, 1.807) is 0 Å². The number of fused-ring (bicyclic) bond motifs is 3. The minimum Gasteiger partial charge on any atom is -0.481 e. The van der Waals surface area contributed by atoms with Crippen LogP contribution in [0, 0.1) is 11.8 Å². The molecule has 2 amide bonds. The molecule has 0 heterocycles. The van der Waals surface area contributed by atoms with Gasteiger partial charge in [-0.15, -0.1) is 0 Å². The minimum absolute atomic E-state index is 0.0563. The quantitative estimate of drug-likeness (QED) is 0.510. The third kappa shape index (κ3) is 5.50. The molecular weight excluding hydrogens is 444 g/mol. The SMILES string of the molecule is CCC(C)[C@H](NC(=O)OCC1c2ccccc2-c2ccccc21)C(=O)NC1CCCC(C(=O)O)C1. The molecule has 186 valence electrons. The maximum Gasteiger partial charge on any atom is 0.407 e. The lowest BCUT2D eigenvalue weighted by molar-refractivity contribution is -0.143. The van der Waals surface area contributed by atoms with E-state index in [9.17, 15) is 19.5 Å². The van der Waals surface area contributed by atoms with Crippen LogP contribution >= 0.6 is 0 Å². The minimum atomic E-state index is -0.820. The number of ether oxygens (including phenoxy) is 1. The van der Waals surface area contributed by atoms with Gasteiger partial charge in [-0.2, -0.15) is 0 Å². The van der Waals surface area contributed by atoms with Crippen LogP contribution in [0.3, 0.4) is 0 Å². The van der Waals surface area contributed by atoms with E-state index in [4.69, 9.17) is 4.74 Å². The summed E-state index contributed by atoms with van der Waals surface area (Å²) in [6.07, 6.45) is 2.63. The summed E-state index contributed by atoms with van der Waals surface area (Å²) in [6, 6.07) is 15.3.